The molecule has 0 fully saturated rings. The van der Waals surface area contributed by atoms with Gasteiger partial charge in [-0.1, -0.05) is 70.5 Å². The van der Waals surface area contributed by atoms with Crippen molar-refractivity contribution in [2.45, 2.75) is 0 Å². The van der Waals surface area contributed by atoms with Gasteiger partial charge in [-0.15, -0.1) is 0 Å². The quantitative estimate of drug-likeness (QED) is 0.377. The molecular formula is C23H16BrN3O. The number of halogens is 1. The first-order chi connectivity index (χ1) is 13.7. The standard InChI is InChI=1S/C23H16BrN3O/c24-17-10-6-9-16(13-17)20-14-18(15-7-2-1-3-8-15)22(25-20)27-21-12-5-4-11-19(21)26-23(27)28/h1-14,25H,(H,26,28). The summed E-state index contributed by atoms with van der Waals surface area (Å²) in [6, 6.07) is 28.0. The van der Waals surface area contributed by atoms with Gasteiger partial charge in [-0.3, -0.25) is 0 Å². The van der Waals surface area contributed by atoms with Crippen LogP contribution in [0.15, 0.2) is 94.2 Å². The molecule has 28 heavy (non-hydrogen) atoms. The third-order valence-electron chi connectivity index (χ3n) is 4.83. The molecule has 5 heteroatoms. The van der Waals surface area contributed by atoms with Crippen LogP contribution >= 0.6 is 15.9 Å². The Bertz CT molecular complexity index is 1350. The molecule has 0 atom stereocenters. The van der Waals surface area contributed by atoms with Crippen molar-refractivity contribution in [3.8, 4) is 28.2 Å². The normalized spacial score (nSPS) is 11.2. The monoisotopic (exact) mass is 429 g/mol. The molecule has 4 nitrogen and oxygen atoms in total. The van der Waals surface area contributed by atoms with Gasteiger partial charge in [0.1, 0.15) is 5.82 Å². The van der Waals surface area contributed by atoms with E-state index in [0.717, 1.165) is 43.7 Å². The molecule has 0 bridgehead atoms. The van der Waals surface area contributed by atoms with Crippen molar-refractivity contribution in [1.82, 2.24) is 14.5 Å². The average Bonchev–Trinajstić information content (AvgIpc) is 3.29. The number of nitrogens with zero attached hydrogens (tertiary/aromatic N) is 1. The van der Waals surface area contributed by atoms with Crippen molar-refractivity contribution in [2.24, 2.45) is 0 Å². The van der Waals surface area contributed by atoms with Crippen LogP contribution in [0.5, 0.6) is 0 Å². The molecule has 5 rings (SSSR count). The summed E-state index contributed by atoms with van der Waals surface area (Å²) < 4.78 is 2.71. The van der Waals surface area contributed by atoms with Gasteiger partial charge in [0, 0.05) is 15.7 Å². The van der Waals surface area contributed by atoms with Crippen LogP contribution in [0.1, 0.15) is 0 Å². The van der Waals surface area contributed by atoms with E-state index in [9.17, 15) is 4.79 Å². The fraction of sp³-hybridized carbons (Fsp3) is 0. The molecule has 2 N–H and O–H groups in total. The highest BCUT2D eigenvalue weighted by Gasteiger charge is 2.17. The predicted octanol–water partition coefficient (Wildman–Crippen LogP) is 5.74. The number of aromatic nitrogens is 3. The van der Waals surface area contributed by atoms with Gasteiger partial charge in [-0.25, -0.2) is 9.36 Å². The second kappa shape index (κ2) is 6.69. The molecule has 0 spiro atoms. The van der Waals surface area contributed by atoms with Gasteiger partial charge in [-0.2, -0.15) is 0 Å². The first-order valence-corrected chi connectivity index (χ1v) is 9.74. The van der Waals surface area contributed by atoms with Crippen molar-refractivity contribution in [2.75, 3.05) is 0 Å². The summed E-state index contributed by atoms with van der Waals surface area (Å²) in [6.45, 7) is 0. The first-order valence-electron chi connectivity index (χ1n) is 8.95. The fourth-order valence-electron chi connectivity index (χ4n) is 3.55. The first kappa shape index (κ1) is 16.8. The van der Waals surface area contributed by atoms with E-state index < -0.39 is 0 Å². The van der Waals surface area contributed by atoms with Crippen LogP contribution in [0.4, 0.5) is 0 Å². The van der Waals surface area contributed by atoms with E-state index in [0.29, 0.717) is 0 Å². The Hall–Kier alpha value is -3.31. The molecule has 2 aromatic heterocycles. The Morgan fingerprint density at radius 3 is 2.32 bits per heavy atom. The topological polar surface area (TPSA) is 53.6 Å². The second-order valence-electron chi connectivity index (χ2n) is 6.60. The zero-order chi connectivity index (χ0) is 19.1. The SMILES string of the molecule is O=c1[nH]c2ccccc2n1-c1[nH]c(-c2cccc(Br)c2)cc1-c1ccccc1. The lowest BCUT2D eigenvalue weighted by Crippen LogP contribution is -2.15. The third-order valence-corrected chi connectivity index (χ3v) is 5.32. The van der Waals surface area contributed by atoms with Gasteiger partial charge in [0.05, 0.1) is 11.0 Å². The van der Waals surface area contributed by atoms with Crippen LogP contribution in [-0.4, -0.2) is 14.5 Å². The van der Waals surface area contributed by atoms with Crippen LogP contribution in [0, 0.1) is 0 Å². The maximum absolute atomic E-state index is 12.8. The van der Waals surface area contributed by atoms with Crippen LogP contribution in [0.3, 0.4) is 0 Å². The minimum Gasteiger partial charge on any atom is -0.340 e. The fourth-order valence-corrected chi connectivity index (χ4v) is 3.95. The number of hydrogen-bond donors (Lipinski definition) is 2. The molecule has 0 saturated carbocycles. The summed E-state index contributed by atoms with van der Waals surface area (Å²) in [5.74, 6) is 0.753. The summed E-state index contributed by atoms with van der Waals surface area (Å²) in [7, 11) is 0. The molecule has 0 amide bonds. The van der Waals surface area contributed by atoms with E-state index in [1.165, 1.54) is 0 Å². The van der Waals surface area contributed by atoms with Gasteiger partial charge < -0.3 is 9.97 Å². The summed E-state index contributed by atoms with van der Waals surface area (Å²) in [5, 5.41) is 0. The van der Waals surface area contributed by atoms with E-state index in [2.05, 4.69) is 50.2 Å². The van der Waals surface area contributed by atoms with Crippen molar-refractivity contribution in [1.29, 1.82) is 0 Å². The van der Waals surface area contributed by atoms with E-state index in [-0.39, 0.29) is 5.69 Å². The molecule has 0 aliphatic carbocycles. The van der Waals surface area contributed by atoms with Crippen molar-refractivity contribution in [3.05, 3.63) is 99.9 Å². The minimum absolute atomic E-state index is 0.166. The molecule has 136 valence electrons. The smallest absolute Gasteiger partial charge is 0.332 e. The van der Waals surface area contributed by atoms with Crippen LogP contribution in [0.2, 0.25) is 0 Å². The molecule has 0 saturated heterocycles. The molecule has 5 aromatic rings. The highest BCUT2D eigenvalue weighted by molar-refractivity contribution is 9.10. The highest BCUT2D eigenvalue weighted by atomic mass is 79.9. The Morgan fingerprint density at radius 1 is 0.750 bits per heavy atom. The number of hydrogen-bond acceptors (Lipinski definition) is 1. The molecule has 0 aliphatic rings. The molecule has 2 heterocycles. The number of aromatic amines is 2. The van der Waals surface area contributed by atoms with Crippen molar-refractivity contribution < 1.29 is 0 Å². The number of imidazole rings is 1. The lowest BCUT2D eigenvalue weighted by atomic mass is 10.1. The van der Waals surface area contributed by atoms with Gasteiger partial charge in [0.2, 0.25) is 0 Å². The number of benzene rings is 3. The summed E-state index contributed by atoms with van der Waals surface area (Å²) in [6.07, 6.45) is 0. The van der Waals surface area contributed by atoms with Crippen LogP contribution < -0.4 is 5.69 Å². The maximum atomic E-state index is 12.8. The lowest BCUT2D eigenvalue weighted by molar-refractivity contribution is 0.982. The van der Waals surface area contributed by atoms with Gasteiger partial charge in [0.25, 0.3) is 0 Å². The third kappa shape index (κ3) is 2.80. The number of fused-ring (bicyclic) bond motifs is 1. The molecular weight excluding hydrogens is 414 g/mol. The summed E-state index contributed by atoms with van der Waals surface area (Å²) in [4.78, 5) is 19.2. The van der Waals surface area contributed by atoms with Crippen molar-refractivity contribution in [3.63, 3.8) is 0 Å². The maximum Gasteiger partial charge on any atom is 0.332 e. The lowest BCUT2D eigenvalue weighted by Gasteiger charge is -2.06. The molecule has 3 aromatic carbocycles. The van der Waals surface area contributed by atoms with Gasteiger partial charge >= 0.3 is 5.69 Å². The zero-order valence-corrected chi connectivity index (χ0v) is 16.4. The Morgan fingerprint density at radius 2 is 1.50 bits per heavy atom. The molecule has 0 aliphatic heterocycles. The number of rotatable bonds is 3. The Balaban J connectivity index is 1.81. The Kier molecular flexibility index (Phi) is 4.02. The van der Waals surface area contributed by atoms with Gasteiger partial charge in [-0.05, 0) is 41.5 Å². The van der Waals surface area contributed by atoms with E-state index in [4.69, 9.17) is 0 Å². The number of H-pyrrole nitrogens is 2. The molecule has 0 radical (unpaired) electrons. The largest absolute Gasteiger partial charge is 0.340 e. The van der Waals surface area contributed by atoms with E-state index >= 15 is 0 Å². The van der Waals surface area contributed by atoms with E-state index in [1.807, 2.05) is 60.7 Å². The van der Waals surface area contributed by atoms with Crippen LogP contribution in [0.25, 0.3) is 39.2 Å². The molecule has 0 unspecified atom stereocenters. The van der Waals surface area contributed by atoms with E-state index in [1.54, 1.807) is 4.57 Å². The van der Waals surface area contributed by atoms with Gasteiger partial charge in [0.15, 0.2) is 0 Å². The van der Waals surface area contributed by atoms with Crippen LogP contribution in [-0.2, 0) is 0 Å². The number of para-hydroxylation sites is 2. The second-order valence-corrected chi connectivity index (χ2v) is 7.52. The predicted molar refractivity (Wildman–Crippen MR) is 117 cm³/mol. The summed E-state index contributed by atoms with van der Waals surface area (Å²) in [5.41, 5.74) is 5.51. The number of nitrogens with one attached hydrogen (secondary N) is 2. The average molecular weight is 430 g/mol. The zero-order valence-electron chi connectivity index (χ0n) is 14.8. The Labute approximate surface area is 169 Å². The van der Waals surface area contributed by atoms with Crippen molar-refractivity contribution >= 4 is 27.0 Å². The highest BCUT2D eigenvalue weighted by Crippen LogP contribution is 2.33. The minimum atomic E-state index is -0.166. The summed E-state index contributed by atoms with van der Waals surface area (Å²) >= 11 is 3.54.